The number of pyridine rings is 2. The van der Waals surface area contributed by atoms with Gasteiger partial charge in [-0.1, -0.05) is 26.0 Å². The normalized spacial score (nSPS) is 9.84. The second-order valence-corrected chi connectivity index (χ2v) is 4.19. The molecule has 3 rings (SSSR count). The van der Waals surface area contributed by atoms with Crippen LogP contribution >= 0.6 is 0 Å². The van der Waals surface area contributed by atoms with E-state index in [4.69, 9.17) is 0 Å². The SMILES string of the molecule is CC.Cc1cncc(-c2ccc3cnccc3c2)c1. The highest BCUT2D eigenvalue weighted by Gasteiger charge is 2.00. The van der Waals surface area contributed by atoms with Crippen molar-refractivity contribution in [2.75, 3.05) is 0 Å². The minimum Gasteiger partial charge on any atom is -0.264 e. The van der Waals surface area contributed by atoms with Crippen LogP contribution in [0.25, 0.3) is 21.9 Å². The number of rotatable bonds is 1. The fraction of sp³-hybridized carbons (Fsp3) is 0.176. The lowest BCUT2D eigenvalue weighted by Crippen LogP contribution is -1.83. The summed E-state index contributed by atoms with van der Waals surface area (Å²) < 4.78 is 0. The number of aryl methyl sites for hydroxylation is 1. The van der Waals surface area contributed by atoms with Gasteiger partial charge in [0.15, 0.2) is 0 Å². The van der Waals surface area contributed by atoms with E-state index in [1.807, 2.05) is 44.7 Å². The van der Waals surface area contributed by atoms with Crippen molar-refractivity contribution in [3.8, 4) is 11.1 Å². The highest BCUT2D eigenvalue weighted by molar-refractivity contribution is 5.86. The van der Waals surface area contributed by atoms with Gasteiger partial charge in [-0.25, -0.2) is 0 Å². The van der Waals surface area contributed by atoms with Gasteiger partial charge in [0.25, 0.3) is 0 Å². The zero-order valence-electron chi connectivity index (χ0n) is 11.6. The van der Waals surface area contributed by atoms with Gasteiger partial charge in [0.2, 0.25) is 0 Å². The zero-order valence-corrected chi connectivity index (χ0v) is 11.6. The number of nitrogens with zero attached hydrogens (tertiary/aromatic N) is 2. The lowest BCUT2D eigenvalue weighted by Gasteiger charge is -2.04. The van der Waals surface area contributed by atoms with Crippen molar-refractivity contribution in [3.63, 3.8) is 0 Å². The molecule has 2 aromatic heterocycles. The van der Waals surface area contributed by atoms with Crippen molar-refractivity contribution in [1.29, 1.82) is 0 Å². The Labute approximate surface area is 114 Å². The lowest BCUT2D eigenvalue weighted by molar-refractivity contribution is 1.27. The molecule has 19 heavy (non-hydrogen) atoms. The second kappa shape index (κ2) is 6.10. The number of hydrogen-bond donors (Lipinski definition) is 0. The van der Waals surface area contributed by atoms with Gasteiger partial charge in [-0.05, 0) is 41.6 Å². The van der Waals surface area contributed by atoms with Crippen LogP contribution in [0.15, 0.2) is 55.1 Å². The third-order valence-corrected chi connectivity index (χ3v) is 2.85. The van der Waals surface area contributed by atoms with Crippen LogP contribution in [0.5, 0.6) is 0 Å². The van der Waals surface area contributed by atoms with E-state index in [0.29, 0.717) is 0 Å². The highest BCUT2D eigenvalue weighted by atomic mass is 14.6. The predicted molar refractivity (Wildman–Crippen MR) is 81.1 cm³/mol. The largest absolute Gasteiger partial charge is 0.264 e. The summed E-state index contributed by atoms with van der Waals surface area (Å²) in [7, 11) is 0. The van der Waals surface area contributed by atoms with Crippen molar-refractivity contribution in [2.45, 2.75) is 20.8 Å². The maximum atomic E-state index is 4.23. The molecule has 0 unspecified atom stereocenters. The molecule has 0 aliphatic rings. The van der Waals surface area contributed by atoms with Crippen LogP contribution in [-0.4, -0.2) is 9.97 Å². The summed E-state index contributed by atoms with van der Waals surface area (Å²) in [5, 5.41) is 2.37. The van der Waals surface area contributed by atoms with Gasteiger partial charge in [-0.15, -0.1) is 0 Å². The summed E-state index contributed by atoms with van der Waals surface area (Å²) >= 11 is 0. The molecular formula is C17H18N2. The Balaban J connectivity index is 0.000000637. The molecule has 2 heteroatoms. The Kier molecular flexibility index (Phi) is 4.24. The minimum absolute atomic E-state index is 1.16. The first kappa shape index (κ1) is 13.2. The third kappa shape index (κ3) is 2.97. The molecular weight excluding hydrogens is 232 g/mol. The van der Waals surface area contributed by atoms with Gasteiger partial charge in [-0.3, -0.25) is 9.97 Å². The van der Waals surface area contributed by atoms with E-state index in [-0.39, 0.29) is 0 Å². The summed E-state index contributed by atoms with van der Waals surface area (Å²) in [6.07, 6.45) is 7.47. The van der Waals surface area contributed by atoms with Crippen molar-refractivity contribution in [1.82, 2.24) is 9.97 Å². The topological polar surface area (TPSA) is 25.8 Å². The molecule has 1 aromatic carbocycles. The van der Waals surface area contributed by atoms with Crippen LogP contribution in [0.4, 0.5) is 0 Å². The van der Waals surface area contributed by atoms with Crippen LogP contribution in [0, 0.1) is 6.92 Å². The summed E-state index contributed by atoms with van der Waals surface area (Å²) in [5.74, 6) is 0. The zero-order chi connectivity index (χ0) is 13.7. The number of aromatic nitrogens is 2. The average molecular weight is 250 g/mol. The molecule has 2 nitrogen and oxygen atoms in total. The standard InChI is InChI=1S/C15H12N2.C2H6/c1-11-6-15(10-17-8-11)12-2-3-14-9-16-5-4-13(14)7-12;1-2/h2-10H,1H3;1-2H3. The molecule has 96 valence electrons. The van der Waals surface area contributed by atoms with E-state index in [9.17, 15) is 0 Å². The van der Waals surface area contributed by atoms with E-state index in [1.165, 1.54) is 16.5 Å². The molecule has 0 atom stereocenters. The van der Waals surface area contributed by atoms with E-state index < -0.39 is 0 Å². The molecule has 0 radical (unpaired) electrons. The van der Waals surface area contributed by atoms with Crippen LogP contribution in [0.2, 0.25) is 0 Å². The summed E-state index contributed by atoms with van der Waals surface area (Å²) in [4.78, 5) is 8.35. The molecule has 0 aliphatic heterocycles. The van der Waals surface area contributed by atoms with Crippen LogP contribution < -0.4 is 0 Å². The molecule has 0 amide bonds. The molecule has 0 N–H and O–H groups in total. The van der Waals surface area contributed by atoms with E-state index in [1.54, 1.807) is 0 Å². The molecule has 0 spiro atoms. The van der Waals surface area contributed by atoms with Gasteiger partial charge < -0.3 is 0 Å². The summed E-state index contributed by atoms with van der Waals surface area (Å²) in [6, 6.07) is 10.6. The van der Waals surface area contributed by atoms with E-state index in [0.717, 1.165) is 10.9 Å². The fourth-order valence-corrected chi connectivity index (χ4v) is 1.98. The van der Waals surface area contributed by atoms with Crippen LogP contribution in [-0.2, 0) is 0 Å². The Bertz CT molecular complexity index is 675. The van der Waals surface area contributed by atoms with Gasteiger partial charge >= 0.3 is 0 Å². The predicted octanol–water partition coefficient (Wildman–Crippen LogP) is 4.63. The molecule has 2 heterocycles. The van der Waals surface area contributed by atoms with Gasteiger partial charge in [-0.2, -0.15) is 0 Å². The first-order chi connectivity index (χ1) is 9.33. The van der Waals surface area contributed by atoms with E-state index in [2.05, 4.69) is 41.2 Å². The van der Waals surface area contributed by atoms with E-state index >= 15 is 0 Å². The van der Waals surface area contributed by atoms with Crippen molar-refractivity contribution in [3.05, 3.63) is 60.7 Å². The average Bonchev–Trinajstić information content (AvgIpc) is 2.49. The Hall–Kier alpha value is -2.22. The van der Waals surface area contributed by atoms with Crippen molar-refractivity contribution >= 4 is 10.8 Å². The first-order valence-corrected chi connectivity index (χ1v) is 6.59. The summed E-state index contributed by atoms with van der Waals surface area (Å²) in [6.45, 7) is 6.06. The monoisotopic (exact) mass is 250 g/mol. The first-order valence-electron chi connectivity index (χ1n) is 6.59. The molecule has 0 saturated heterocycles. The van der Waals surface area contributed by atoms with Gasteiger partial charge in [0.05, 0.1) is 0 Å². The van der Waals surface area contributed by atoms with Gasteiger partial charge in [0.1, 0.15) is 0 Å². The van der Waals surface area contributed by atoms with Crippen molar-refractivity contribution in [2.24, 2.45) is 0 Å². The molecule has 0 bridgehead atoms. The van der Waals surface area contributed by atoms with Crippen molar-refractivity contribution < 1.29 is 0 Å². The third-order valence-electron chi connectivity index (χ3n) is 2.85. The number of benzene rings is 1. The fourth-order valence-electron chi connectivity index (χ4n) is 1.98. The van der Waals surface area contributed by atoms with Crippen LogP contribution in [0.3, 0.4) is 0 Å². The van der Waals surface area contributed by atoms with Gasteiger partial charge in [0, 0.05) is 35.7 Å². The molecule has 3 aromatic rings. The Morgan fingerprint density at radius 2 is 1.58 bits per heavy atom. The molecule has 0 fully saturated rings. The summed E-state index contributed by atoms with van der Waals surface area (Å²) in [5.41, 5.74) is 3.53. The Morgan fingerprint density at radius 1 is 0.737 bits per heavy atom. The number of fused-ring (bicyclic) bond motifs is 1. The smallest absolute Gasteiger partial charge is 0.0346 e. The minimum atomic E-state index is 1.16. The lowest BCUT2D eigenvalue weighted by atomic mass is 10.0. The number of hydrogen-bond acceptors (Lipinski definition) is 2. The Morgan fingerprint density at radius 3 is 2.37 bits per heavy atom. The molecule has 0 aliphatic carbocycles. The van der Waals surface area contributed by atoms with Crippen LogP contribution in [0.1, 0.15) is 19.4 Å². The quantitative estimate of drug-likeness (QED) is 0.629. The maximum Gasteiger partial charge on any atom is 0.0346 e. The second-order valence-electron chi connectivity index (χ2n) is 4.19. The maximum absolute atomic E-state index is 4.23. The highest BCUT2D eigenvalue weighted by Crippen LogP contribution is 2.23. The molecule has 0 saturated carbocycles.